The predicted octanol–water partition coefficient (Wildman–Crippen LogP) is 3.34. The lowest BCUT2D eigenvalue weighted by Gasteiger charge is -2.22. The van der Waals surface area contributed by atoms with E-state index in [4.69, 9.17) is 4.42 Å². The molecule has 0 aliphatic carbocycles. The summed E-state index contributed by atoms with van der Waals surface area (Å²) in [5, 5.41) is 4.68. The van der Waals surface area contributed by atoms with Crippen LogP contribution in [0.2, 0.25) is 0 Å². The average molecular weight is 396 g/mol. The largest absolute Gasteiger partial charge is 0.459 e. The number of rotatable bonds is 4. The number of anilines is 2. The van der Waals surface area contributed by atoms with Crippen LogP contribution in [0.4, 0.5) is 11.5 Å². The fraction of sp³-hybridized carbons (Fsp3) is 0.250. The fourth-order valence-electron chi connectivity index (χ4n) is 3.15. The van der Waals surface area contributed by atoms with E-state index in [2.05, 4.69) is 15.2 Å². The van der Waals surface area contributed by atoms with Crippen LogP contribution in [0.5, 0.6) is 0 Å². The van der Waals surface area contributed by atoms with Gasteiger partial charge in [-0.2, -0.15) is 0 Å². The van der Waals surface area contributed by atoms with E-state index in [9.17, 15) is 9.59 Å². The molecule has 0 aromatic carbocycles. The quantitative estimate of drug-likeness (QED) is 0.732. The molecule has 0 radical (unpaired) electrons. The summed E-state index contributed by atoms with van der Waals surface area (Å²) in [5.41, 5.74) is 0.606. The maximum absolute atomic E-state index is 12.6. The molecule has 0 spiro atoms. The van der Waals surface area contributed by atoms with Gasteiger partial charge in [0.25, 0.3) is 11.8 Å². The highest BCUT2D eigenvalue weighted by atomic mass is 32.1. The van der Waals surface area contributed by atoms with Crippen molar-refractivity contribution in [3.05, 3.63) is 64.9 Å². The first-order valence-corrected chi connectivity index (χ1v) is 9.97. The highest BCUT2D eigenvalue weighted by Crippen LogP contribution is 2.19. The normalized spacial score (nSPS) is 14.6. The van der Waals surface area contributed by atoms with Gasteiger partial charge in [-0.05, 0) is 42.1 Å². The number of nitrogens with zero attached hydrogens (tertiary/aromatic N) is 3. The van der Waals surface area contributed by atoms with Gasteiger partial charge in [0, 0.05) is 26.2 Å². The average Bonchev–Trinajstić information content (AvgIpc) is 3.39. The summed E-state index contributed by atoms with van der Waals surface area (Å²) < 4.78 is 5.08. The molecule has 0 saturated carbocycles. The van der Waals surface area contributed by atoms with Gasteiger partial charge in [-0.1, -0.05) is 6.07 Å². The van der Waals surface area contributed by atoms with E-state index in [1.807, 2.05) is 34.5 Å². The molecule has 1 aliphatic heterocycles. The molecule has 2 amide bonds. The standard InChI is InChI=1S/C20H20N4O3S/c25-19(16-4-1-12-27-16)22-15-6-7-18(21-14-15)23-8-3-9-24(11-10-23)20(26)17-5-2-13-28-17/h1-2,4-7,12-14H,3,8-11H2,(H,22,25). The summed E-state index contributed by atoms with van der Waals surface area (Å²) in [6, 6.07) is 10.8. The second-order valence-electron chi connectivity index (χ2n) is 6.45. The third-order valence-corrected chi connectivity index (χ3v) is 5.45. The van der Waals surface area contributed by atoms with Crippen molar-refractivity contribution in [1.82, 2.24) is 9.88 Å². The number of aromatic nitrogens is 1. The zero-order valence-corrected chi connectivity index (χ0v) is 16.0. The number of hydrogen-bond acceptors (Lipinski definition) is 6. The molecule has 0 bridgehead atoms. The number of thiophene rings is 1. The minimum Gasteiger partial charge on any atom is -0.459 e. The highest BCUT2D eigenvalue weighted by Gasteiger charge is 2.21. The van der Waals surface area contributed by atoms with E-state index >= 15 is 0 Å². The van der Waals surface area contributed by atoms with Crippen LogP contribution < -0.4 is 10.2 Å². The Morgan fingerprint density at radius 3 is 2.71 bits per heavy atom. The molecule has 1 N–H and O–H groups in total. The van der Waals surface area contributed by atoms with E-state index in [1.165, 1.54) is 17.6 Å². The fourth-order valence-corrected chi connectivity index (χ4v) is 3.84. The first-order chi connectivity index (χ1) is 13.7. The number of furan rings is 1. The van der Waals surface area contributed by atoms with Gasteiger partial charge in [-0.3, -0.25) is 9.59 Å². The molecule has 0 unspecified atom stereocenters. The molecule has 1 aliphatic rings. The Bertz CT molecular complexity index is 923. The summed E-state index contributed by atoms with van der Waals surface area (Å²) in [6.45, 7) is 2.96. The van der Waals surface area contributed by atoms with Crippen molar-refractivity contribution in [2.75, 3.05) is 36.4 Å². The summed E-state index contributed by atoms with van der Waals surface area (Å²) in [4.78, 5) is 33.9. The van der Waals surface area contributed by atoms with Gasteiger partial charge in [0.15, 0.2) is 5.76 Å². The van der Waals surface area contributed by atoms with Crippen molar-refractivity contribution in [3.63, 3.8) is 0 Å². The summed E-state index contributed by atoms with van der Waals surface area (Å²) in [5.74, 6) is 0.881. The molecular weight excluding hydrogens is 376 g/mol. The summed E-state index contributed by atoms with van der Waals surface area (Å²) in [6.07, 6.45) is 3.98. The monoisotopic (exact) mass is 396 g/mol. The maximum atomic E-state index is 12.6. The van der Waals surface area contributed by atoms with E-state index in [1.54, 1.807) is 18.3 Å². The Morgan fingerprint density at radius 2 is 2.00 bits per heavy atom. The Balaban J connectivity index is 1.36. The zero-order chi connectivity index (χ0) is 19.3. The molecule has 4 rings (SSSR count). The minimum atomic E-state index is -0.308. The lowest BCUT2D eigenvalue weighted by atomic mass is 10.3. The van der Waals surface area contributed by atoms with Crippen molar-refractivity contribution < 1.29 is 14.0 Å². The van der Waals surface area contributed by atoms with Crippen LogP contribution in [0, 0.1) is 0 Å². The Morgan fingerprint density at radius 1 is 1.07 bits per heavy atom. The van der Waals surface area contributed by atoms with Gasteiger partial charge in [0.2, 0.25) is 0 Å². The van der Waals surface area contributed by atoms with Crippen molar-refractivity contribution in [1.29, 1.82) is 0 Å². The second kappa shape index (κ2) is 8.26. The molecule has 0 atom stereocenters. The van der Waals surface area contributed by atoms with Crippen molar-refractivity contribution in [2.24, 2.45) is 0 Å². The van der Waals surface area contributed by atoms with E-state index in [-0.39, 0.29) is 17.6 Å². The van der Waals surface area contributed by atoms with Crippen LogP contribution in [0.25, 0.3) is 0 Å². The number of carbonyl (C=O) groups excluding carboxylic acids is 2. The minimum absolute atomic E-state index is 0.0980. The number of amides is 2. The third kappa shape index (κ3) is 4.07. The van der Waals surface area contributed by atoms with Gasteiger partial charge in [0.05, 0.1) is 23.0 Å². The van der Waals surface area contributed by atoms with Crippen LogP contribution in [0.1, 0.15) is 26.6 Å². The van der Waals surface area contributed by atoms with Crippen molar-refractivity contribution >= 4 is 34.7 Å². The molecule has 28 heavy (non-hydrogen) atoms. The van der Waals surface area contributed by atoms with E-state index in [0.29, 0.717) is 12.2 Å². The lowest BCUT2D eigenvalue weighted by molar-refractivity contribution is 0.0771. The van der Waals surface area contributed by atoms with Crippen molar-refractivity contribution in [3.8, 4) is 0 Å². The van der Waals surface area contributed by atoms with Crippen molar-refractivity contribution in [2.45, 2.75) is 6.42 Å². The van der Waals surface area contributed by atoms with Gasteiger partial charge in [0.1, 0.15) is 5.82 Å². The first kappa shape index (κ1) is 18.2. The second-order valence-corrected chi connectivity index (χ2v) is 7.39. The Kier molecular flexibility index (Phi) is 5.38. The summed E-state index contributed by atoms with van der Waals surface area (Å²) in [7, 11) is 0. The molecule has 1 fully saturated rings. The topological polar surface area (TPSA) is 78.7 Å². The van der Waals surface area contributed by atoms with Crippen LogP contribution in [-0.4, -0.2) is 47.9 Å². The van der Waals surface area contributed by atoms with Crippen LogP contribution in [0.15, 0.2) is 58.7 Å². The van der Waals surface area contributed by atoms with Gasteiger partial charge in [-0.25, -0.2) is 4.98 Å². The van der Waals surface area contributed by atoms with Gasteiger partial charge in [-0.15, -0.1) is 11.3 Å². The van der Waals surface area contributed by atoms with E-state index < -0.39 is 0 Å². The Labute approximate surface area is 166 Å². The number of hydrogen-bond donors (Lipinski definition) is 1. The molecule has 1 saturated heterocycles. The number of carbonyl (C=O) groups is 2. The highest BCUT2D eigenvalue weighted by molar-refractivity contribution is 7.12. The van der Waals surface area contributed by atoms with Crippen LogP contribution in [-0.2, 0) is 0 Å². The molecule has 4 heterocycles. The van der Waals surface area contributed by atoms with Gasteiger partial charge >= 0.3 is 0 Å². The first-order valence-electron chi connectivity index (χ1n) is 9.09. The predicted molar refractivity (Wildman–Crippen MR) is 108 cm³/mol. The number of pyridine rings is 1. The molecule has 3 aromatic rings. The SMILES string of the molecule is O=C(Nc1ccc(N2CCCN(C(=O)c3cccs3)CC2)nc1)c1ccco1. The number of nitrogens with one attached hydrogen (secondary N) is 1. The zero-order valence-electron chi connectivity index (χ0n) is 15.2. The lowest BCUT2D eigenvalue weighted by Crippen LogP contribution is -2.35. The molecular formula is C20H20N4O3S. The van der Waals surface area contributed by atoms with Crippen LogP contribution >= 0.6 is 11.3 Å². The van der Waals surface area contributed by atoms with E-state index in [0.717, 1.165) is 36.8 Å². The summed E-state index contributed by atoms with van der Waals surface area (Å²) >= 11 is 1.48. The molecule has 3 aromatic heterocycles. The third-order valence-electron chi connectivity index (χ3n) is 4.59. The Hall–Kier alpha value is -3.13. The van der Waals surface area contributed by atoms with Crippen LogP contribution in [0.3, 0.4) is 0 Å². The molecule has 7 nitrogen and oxygen atoms in total. The molecule has 144 valence electrons. The smallest absolute Gasteiger partial charge is 0.291 e. The van der Waals surface area contributed by atoms with Gasteiger partial charge < -0.3 is 19.5 Å². The molecule has 8 heteroatoms. The maximum Gasteiger partial charge on any atom is 0.291 e.